The van der Waals surface area contributed by atoms with Gasteiger partial charge in [0, 0.05) is 6.42 Å². The molecule has 0 saturated carbocycles. The van der Waals surface area contributed by atoms with Gasteiger partial charge >= 0.3 is 0 Å². The first-order valence-electron chi connectivity index (χ1n) is 6.21. The fourth-order valence-corrected chi connectivity index (χ4v) is 3.46. The van der Waals surface area contributed by atoms with E-state index >= 15 is 0 Å². The largest absolute Gasteiger partial charge is 0.444 e. The zero-order valence-corrected chi connectivity index (χ0v) is 12.7. The maximum absolute atomic E-state index is 12.2. The van der Waals surface area contributed by atoms with Crippen LogP contribution < -0.4 is 0 Å². The molecule has 21 heavy (non-hydrogen) atoms. The molecular weight excluding hydrogens is 312 g/mol. The Hall–Kier alpha value is -2.00. The summed E-state index contributed by atoms with van der Waals surface area (Å²) in [5, 5.41) is 8.01. The summed E-state index contributed by atoms with van der Waals surface area (Å²) in [4.78, 5) is 8.98. The highest BCUT2D eigenvalue weighted by Crippen LogP contribution is 2.24. The lowest BCUT2D eigenvalue weighted by Gasteiger charge is -1.95. The average Bonchev–Trinajstić information content (AvgIpc) is 3.19. The second-order valence-electron chi connectivity index (χ2n) is 4.30. The van der Waals surface area contributed by atoms with Gasteiger partial charge in [-0.3, -0.25) is 5.10 Å². The van der Waals surface area contributed by atoms with Crippen LogP contribution in [0.2, 0.25) is 0 Å². The predicted octanol–water partition coefficient (Wildman–Crippen LogP) is 2.06. The van der Waals surface area contributed by atoms with Crippen molar-refractivity contribution in [2.45, 2.75) is 24.3 Å². The molecule has 7 nitrogen and oxygen atoms in total. The Morgan fingerprint density at radius 1 is 1.38 bits per heavy atom. The molecule has 0 aliphatic carbocycles. The van der Waals surface area contributed by atoms with E-state index in [1.807, 2.05) is 24.4 Å². The van der Waals surface area contributed by atoms with E-state index in [0.717, 1.165) is 4.88 Å². The van der Waals surface area contributed by atoms with Gasteiger partial charge in [-0.05, 0) is 11.4 Å². The predicted molar refractivity (Wildman–Crippen MR) is 76.5 cm³/mol. The van der Waals surface area contributed by atoms with Crippen molar-refractivity contribution < 1.29 is 12.8 Å². The van der Waals surface area contributed by atoms with Crippen molar-refractivity contribution >= 4 is 21.2 Å². The summed E-state index contributed by atoms with van der Waals surface area (Å²) in [7, 11) is -3.63. The molecular formula is C12H12N4O3S2. The molecule has 0 radical (unpaired) electrons. The number of oxazole rings is 1. The van der Waals surface area contributed by atoms with Gasteiger partial charge in [0.1, 0.15) is 17.8 Å². The standard InChI is InChI=1S/C12H12N4O3S2/c1-2-10-14-12(16-15-10)21(17,18)7-8-6-19-11(13-8)9-4-3-5-20-9/h3-6H,2,7H2,1H3,(H,14,15,16). The van der Waals surface area contributed by atoms with Crippen molar-refractivity contribution in [3.05, 3.63) is 35.3 Å². The Bertz CT molecular complexity index is 834. The fraction of sp³-hybridized carbons (Fsp3) is 0.250. The minimum Gasteiger partial charge on any atom is -0.444 e. The van der Waals surface area contributed by atoms with Crippen LogP contribution in [-0.2, 0) is 22.0 Å². The van der Waals surface area contributed by atoms with Crippen LogP contribution in [0, 0.1) is 0 Å². The van der Waals surface area contributed by atoms with Gasteiger partial charge in [0.15, 0.2) is 0 Å². The number of hydrogen-bond donors (Lipinski definition) is 1. The van der Waals surface area contributed by atoms with Gasteiger partial charge < -0.3 is 4.42 Å². The molecule has 0 bridgehead atoms. The van der Waals surface area contributed by atoms with Crippen molar-refractivity contribution in [1.29, 1.82) is 0 Å². The summed E-state index contributed by atoms with van der Waals surface area (Å²) in [5.74, 6) is 0.663. The number of rotatable bonds is 5. The topological polar surface area (TPSA) is 102 Å². The van der Waals surface area contributed by atoms with Crippen LogP contribution in [0.15, 0.2) is 33.3 Å². The maximum atomic E-state index is 12.2. The SMILES string of the molecule is CCc1nc(S(=O)(=O)Cc2coc(-c3cccs3)n2)n[nH]1. The van der Waals surface area contributed by atoms with Gasteiger partial charge in [0.2, 0.25) is 15.7 Å². The summed E-state index contributed by atoms with van der Waals surface area (Å²) < 4.78 is 29.7. The second-order valence-corrected chi connectivity index (χ2v) is 7.13. The number of aromatic nitrogens is 4. The number of sulfone groups is 1. The molecule has 3 heterocycles. The van der Waals surface area contributed by atoms with Crippen LogP contribution in [0.4, 0.5) is 0 Å². The highest BCUT2D eigenvalue weighted by Gasteiger charge is 2.23. The van der Waals surface area contributed by atoms with Crippen LogP contribution in [0.25, 0.3) is 10.8 Å². The molecule has 0 aromatic carbocycles. The van der Waals surface area contributed by atoms with E-state index in [1.54, 1.807) is 0 Å². The Morgan fingerprint density at radius 3 is 2.90 bits per heavy atom. The van der Waals surface area contributed by atoms with E-state index in [2.05, 4.69) is 20.2 Å². The van der Waals surface area contributed by atoms with Crippen LogP contribution >= 0.6 is 11.3 Å². The lowest BCUT2D eigenvalue weighted by molar-refractivity contribution is 0.572. The van der Waals surface area contributed by atoms with E-state index in [9.17, 15) is 8.42 Å². The summed E-state index contributed by atoms with van der Waals surface area (Å²) in [6.07, 6.45) is 1.94. The third kappa shape index (κ3) is 2.88. The first-order chi connectivity index (χ1) is 10.1. The van der Waals surface area contributed by atoms with Gasteiger partial charge in [0.05, 0.1) is 10.6 Å². The third-order valence-corrected chi connectivity index (χ3v) is 5.02. The first kappa shape index (κ1) is 14.0. The van der Waals surface area contributed by atoms with E-state index in [0.29, 0.717) is 23.8 Å². The molecule has 3 aromatic rings. The van der Waals surface area contributed by atoms with Gasteiger partial charge in [-0.1, -0.05) is 13.0 Å². The first-order valence-corrected chi connectivity index (χ1v) is 8.74. The molecule has 0 amide bonds. The van der Waals surface area contributed by atoms with Crippen LogP contribution in [-0.4, -0.2) is 28.6 Å². The van der Waals surface area contributed by atoms with Crippen molar-refractivity contribution in [3.63, 3.8) is 0 Å². The van der Waals surface area contributed by atoms with Crippen molar-refractivity contribution in [1.82, 2.24) is 20.2 Å². The van der Waals surface area contributed by atoms with Gasteiger partial charge in [-0.15, -0.1) is 16.4 Å². The van der Waals surface area contributed by atoms with E-state index in [4.69, 9.17) is 4.42 Å². The van der Waals surface area contributed by atoms with Crippen molar-refractivity contribution in [3.8, 4) is 10.8 Å². The molecule has 0 unspecified atom stereocenters. The fourth-order valence-electron chi connectivity index (χ4n) is 1.72. The highest BCUT2D eigenvalue weighted by atomic mass is 32.2. The zero-order chi connectivity index (χ0) is 14.9. The molecule has 3 rings (SSSR count). The third-order valence-electron chi connectivity index (χ3n) is 2.75. The highest BCUT2D eigenvalue weighted by molar-refractivity contribution is 7.90. The van der Waals surface area contributed by atoms with E-state index < -0.39 is 9.84 Å². The minimum absolute atomic E-state index is 0.208. The number of nitrogens with one attached hydrogen (secondary N) is 1. The van der Waals surface area contributed by atoms with E-state index in [-0.39, 0.29) is 10.9 Å². The van der Waals surface area contributed by atoms with Crippen molar-refractivity contribution in [2.75, 3.05) is 0 Å². The molecule has 0 atom stereocenters. The minimum atomic E-state index is -3.63. The lowest BCUT2D eigenvalue weighted by Crippen LogP contribution is -2.07. The monoisotopic (exact) mass is 324 g/mol. The molecule has 3 aromatic heterocycles. The number of aromatic amines is 1. The molecule has 0 aliphatic rings. The molecule has 110 valence electrons. The van der Waals surface area contributed by atoms with Crippen molar-refractivity contribution in [2.24, 2.45) is 0 Å². The molecule has 9 heteroatoms. The Kier molecular flexibility index (Phi) is 3.60. The van der Waals surface area contributed by atoms with Crippen LogP contribution in [0.3, 0.4) is 0 Å². The number of H-pyrrole nitrogens is 1. The quantitative estimate of drug-likeness (QED) is 0.770. The summed E-state index contributed by atoms with van der Waals surface area (Å²) >= 11 is 1.47. The smallest absolute Gasteiger partial charge is 0.267 e. The Morgan fingerprint density at radius 2 is 2.24 bits per heavy atom. The number of nitrogens with zero attached hydrogens (tertiary/aromatic N) is 3. The van der Waals surface area contributed by atoms with E-state index in [1.165, 1.54) is 17.6 Å². The molecule has 0 saturated heterocycles. The molecule has 0 aliphatic heterocycles. The maximum Gasteiger partial charge on any atom is 0.267 e. The number of thiophene rings is 1. The number of aryl methyl sites for hydroxylation is 1. The number of hydrogen-bond acceptors (Lipinski definition) is 7. The zero-order valence-electron chi connectivity index (χ0n) is 11.1. The summed E-state index contributed by atoms with van der Waals surface area (Å²) in [6, 6.07) is 3.73. The average molecular weight is 324 g/mol. The van der Waals surface area contributed by atoms with Crippen LogP contribution in [0.5, 0.6) is 0 Å². The molecule has 1 N–H and O–H groups in total. The Labute approximate surface area is 125 Å². The summed E-state index contributed by atoms with van der Waals surface area (Å²) in [5.41, 5.74) is 0.334. The van der Waals surface area contributed by atoms with Gasteiger partial charge in [0.25, 0.3) is 5.16 Å². The normalized spacial score (nSPS) is 11.9. The van der Waals surface area contributed by atoms with Gasteiger partial charge in [-0.2, -0.15) is 0 Å². The lowest BCUT2D eigenvalue weighted by atomic mass is 10.5. The molecule has 0 fully saturated rings. The second kappa shape index (κ2) is 5.41. The molecule has 0 spiro atoms. The van der Waals surface area contributed by atoms with Crippen LogP contribution in [0.1, 0.15) is 18.4 Å². The Balaban J connectivity index is 1.82. The van der Waals surface area contributed by atoms with Gasteiger partial charge in [-0.25, -0.2) is 18.4 Å². The summed E-state index contributed by atoms with van der Waals surface area (Å²) in [6.45, 7) is 1.86.